The maximum absolute atomic E-state index is 9.77. The van der Waals surface area contributed by atoms with E-state index < -0.39 is 0 Å². The summed E-state index contributed by atoms with van der Waals surface area (Å²) in [5.41, 5.74) is 3.49. The summed E-state index contributed by atoms with van der Waals surface area (Å²) in [5.74, 6) is 0.259. The Morgan fingerprint density at radius 3 is 2.26 bits per heavy atom. The monoisotopic (exact) mass is 320 g/mol. The maximum atomic E-state index is 9.77. The third-order valence-electron chi connectivity index (χ3n) is 3.28. The molecule has 0 radical (unpaired) electrons. The Balaban J connectivity index is 2.14. The lowest BCUT2D eigenvalue weighted by molar-refractivity contribution is 0.446. The van der Waals surface area contributed by atoms with Gasteiger partial charge in [-0.2, -0.15) is 0 Å². The molecule has 0 atom stereocenters. The molecule has 0 aliphatic rings. The van der Waals surface area contributed by atoms with E-state index in [4.69, 9.17) is 0 Å². The molecule has 0 aromatic heterocycles. The molecule has 2 aromatic carbocycles. The Bertz CT molecular complexity index is 579. The Morgan fingerprint density at radius 1 is 0.895 bits per heavy atom. The molecule has 100 valence electrons. The van der Waals surface area contributed by atoms with Crippen LogP contribution in [0.4, 0.5) is 0 Å². The summed E-state index contributed by atoms with van der Waals surface area (Å²) < 4.78 is 1.10. The van der Waals surface area contributed by atoms with Crippen molar-refractivity contribution in [1.82, 2.24) is 0 Å². The van der Waals surface area contributed by atoms with Crippen LogP contribution in [0.1, 0.15) is 23.6 Å². The molecule has 0 aliphatic heterocycles. The van der Waals surface area contributed by atoms with E-state index >= 15 is 0 Å². The molecule has 19 heavy (non-hydrogen) atoms. The average molecular weight is 321 g/mol. The number of benzene rings is 2. The van der Waals surface area contributed by atoms with Crippen molar-refractivity contribution in [2.24, 2.45) is 0 Å². The molecule has 0 amide bonds. The second-order valence-electron chi connectivity index (χ2n) is 4.58. The minimum Gasteiger partial charge on any atom is -0.508 e. The van der Waals surface area contributed by atoms with Gasteiger partial charge in [-0.15, -0.1) is 0 Å². The predicted molar refractivity (Wildman–Crippen MR) is 80.7 cm³/mol. The number of aryl methyl sites for hydroxylation is 3. The number of hydrogen-bond acceptors (Lipinski definition) is 2. The van der Waals surface area contributed by atoms with E-state index in [-0.39, 0.29) is 11.5 Å². The van der Waals surface area contributed by atoms with Crippen LogP contribution in [0.5, 0.6) is 11.5 Å². The minimum absolute atomic E-state index is 0.0964. The topological polar surface area (TPSA) is 40.5 Å². The van der Waals surface area contributed by atoms with E-state index in [2.05, 4.69) is 35.0 Å². The van der Waals surface area contributed by atoms with Gasteiger partial charge < -0.3 is 10.2 Å². The molecule has 0 spiro atoms. The molecular formula is C16H17BrO2. The average Bonchev–Trinajstić information content (AvgIpc) is 2.39. The maximum Gasteiger partial charge on any atom is 0.122 e. The van der Waals surface area contributed by atoms with Crippen LogP contribution >= 0.6 is 15.9 Å². The van der Waals surface area contributed by atoms with Crippen molar-refractivity contribution in [1.29, 1.82) is 0 Å². The highest BCUT2D eigenvalue weighted by Gasteiger charge is 2.06. The van der Waals surface area contributed by atoms with Crippen molar-refractivity contribution in [2.75, 3.05) is 0 Å². The van der Waals surface area contributed by atoms with Crippen LogP contribution in [0.2, 0.25) is 0 Å². The fourth-order valence-corrected chi connectivity index (χ4v) is 2.61. The standard InChI is InChI=1S/C16H17BrO2/c1-2-11-9-14(17)7-5-12(11)3-4-13-6-8-15(18)10-16(13)19/h5-10,18-19H,2-4H2,1H3. The predicted octanol–water partition coefficient (Wildman–Crippen LogP) is 4.21. The largest absolute Gasteiger partial charge is 0.508 e. The molecule has 2 N–H and O–H groups in total. The summed E-state index contributed by atoms with van der Waals surface area (Å²) in [6, 6.07) is 11.1. The van der Waals surface area contributed by atoms with Gasteiger partial charge in [0.2, 0.25) is 0 Å². The molecule has 2 aromatic rings. The van der Waals surface area contributed by atoms with Gasteiger partial charge in [0.1, 0.15) is 11.5 Å². The molecule has 0 bridgehead atoms. The Morgan fingerprint density at radius 2 is 1.58 bits per heavy atom. The summed E-state index contributed by atoms with van der Waals surface area (Å²) in [7, 11) is 0. The van der Waals surface area contributed by atoms with Gasteiger partial charge in [-0.25, -0.2) is 0 Å². The van der Waals surface area contributed by atoms with Crippen LogP contribution in [0.3, 0.4) is 0 Å². The van der Waals surface area contributed by atoms with Crippen LogP contribution < -0.4 is 0 Å². The number of aromatic hydroxyl groups is 2. The third-order valence-corrected chi connectivity index (χ3v) is 3.78. The first-order chi connectivity index (χ1) is 9.10. The molecule has 0 heterocycles. The van der Waals surface area contributed by atoms with Gasteiger partial charge in [0, 0.05) is 10.5 Å². The van der Waals surface area contributed by atoms with E-state index in [1.165, 1.54) is 17.2 Å². The fourth-order valence-electron chi connectivity index (χ4n) is 2.20. The van der Waals surface area contributed by atoms with E-state index in [9.17, 15) is 10.2 Å². The van der Waals surface area contributed by atoms with Crippen molar-refractivity contribution in [3.63, 3.8) is 0 Å². The van der Waals surface area contributed by atoms with E-state index in [1.54, 1.807) is 12.1 Å². The SMILES string of the molecule is CCc1cc(Br)ccc1CCc1ccc(O)cc1O. The van der Waals surface area contributed by atoms with Crippen molar-refractivity contribution in [2.45, 2.75) is 26.2 Å². The van der Waals surface area contributed by atoms with Crippen LogP contribution in [0.15, 0.2) is 40.9 Å². The summed E-state index contributed by atoms with van der Waals surface area (Å²) in [6.45, 7) is 2.14. The van der Waals surface area contributed by atoms with Crippen LogP contribution in [0.25, 0.3) is 0 Å². The molecule has 2 nitrogen and oxygen atoms in total. The molecule has 0 saturated carbocycles. The van der Waals surface area contributed by atoms with Crippen molar-refractivity contribution < 1.29 is 10.2 Å². The second kappa shape index (κ2) is 6.11. The Kier molecular flexibility index (Phi) is 4.48. The lowest BCUT2D eigenvalue weighted by atomic mass is 9.98. The zero-order valence-corrected chi connectivity index (χ0v) is 12.4. The molecule has 0 fully saturated rings. The normalized spacial score (nSPS) is 10.6. The van der Waals surface area contributed by atoms with Gasteiger partial charge in [0.15, 0.2) is 0 Å². The first kappa shape index (κ1) is 13.9. The molecule has 0 saturated heterocycles. The number of hydrogen-bond donors (Lipinski definition) is 2. The number of phenolic OH excluding ortho intramolecular Hbond substituents is 2. The van der Waals surface area contributed by atoms with Gasteiger partial charge in [0.25, 0.3) is 0 Å². The summed E-state index contributed by atoms with van der Waals surface area (Å²) in [5, 5.41) is 19.0. The fraction of sp³-hybridized carbons (Fsp3) is 0.250. The van der Waals surface area contributed by atoms with E-state index in [0.717, 1.165) is 29.3 Å². The van der Waals surface area contributed by atoms with Crippen LogP contribution in [-0.2, 0) is 19.3 Å². The number of phenols is 2. The third kappa shape index (κ3) is 3.51. The van der Waals surface area contributed by atoms with E-state index in [0.29, 0.717) is 0 Å². The highest BCUT2D eigenvalue weighted by molar-refractivity contribution is 9.10. The lowest BCUT2D eigenvalue weighted by Crippen LogP contribution is -1.96. The second-order valence-corrected chi connectivity index (χ2v) is 5.50. The Hall–Kier alpha value is -1.48. The number of halogens is 1. The van der Waals surface area contributed by atoms with Gasteiger partial charge in [0.05, 0.1) is 0 Å². The first-order valence-corrected chi connectivity index (χ1v) is 7.17. The van der Waals surface area contributed by atoms with E-state index in [1.807, 2.05) is 6.07 Å². The van der Waals surface area contributed by atoms with Crippen LogP contribution in [-0.4, -0.2) is 10.2 Å². The Labute approximate surface area is 121 Å². The zero-order valence-electron chi connectivity index (χ0n) is 10.9. The molecule has 0 aliphatic carbocycles. The minimum atomic E-state index is 0.0964. The summed E-state index contributed by atoms with van der Waals surface area (Å²) in [6.07, 6.45) is 2.64. The van der Waals surface area contributed by atoms with Crippen LogP contribution in [0, 0.1) is 0 Å². The summed E-state index contributed by atoms with van der Waals surface area (Å²) >= 11 is 3.48. The highest BCUT2D eigenvalue weighted by atomic mass is 79.9. The van der Waals surface area contributed by atoms with Crippen molar-refractivity contribution >= 4 is 15.9 Å². The molecule has 2 rings (SSSR count). The molecule has 0 unspecified atom stereocenters. The first-order valence-electron chi connectivity index (χ1n) is 6.38. The van der Waals surface area contributed by atoms with Gasteiger partial charge >= 0.3 is 0 Å². The molecular weight excluding hydrogens is 304 g/mol. The molecule has 3 heteroatoms. The quantitative estimate of drug-likeness (QED) is 0.886. The van der Waals surface area contributed by atoms with Gasteiger partial charge in [-0.1, -0.05) is 35.0 Å². The zero-order chi connectivity index (χ0) is 13.8. The van der Waals surface area contributed by atoms with Crippen molar-refractivity contribution in [3.8, 4) is 11.5 Å². The van der Waals surface area contributed by atoms with Gasteiger partial charge in [-0.3, -0.25) is 0 Å². The smallest absolute Gasteiger partial charge is 0.122 e. The van der Waals surface area contributed by atoms with Crippen molar-refractivity contribution in [3.05, 3.63) is 57.6 Å². The number of rotatable bonds is 4. The highest BCUT2D eigenvalue weighted by Crippen LogP contribution is 2.25. The lowest BCUT2D eigenvalue weighted by Gasteiger charge is -2.09. The van der Waals surface area contributed by atoms with Gasteiger partial charge in [-0.05, 0) is 54.2 Å². The summed E-state index contributed by atoms with van der Waals surface area (Å²) in [4.78, 5) is 0.